The molecule has 0 saturated heterocycles. The lowest BCUT2D eigenvalue weighted by Crippen LogP contribution is -2.12. The molecule has 1 N–H and O–H groups in total. The quantitative estimate of drug-likeness (QED) is 0.719. The predicted molar refractivity (Wildman–Crippen MR) is 102 cm³/mol. The maximum absolute atomic E-state index is 12.1. The second-order valence-corrected chi connectivity index (χ2v) is 6.84. The summed E-state index contributed by atoms with van der Waals surface area (Å²) in [6.45, 7) is 0. The highest BCUT2D eigenvalue weighted by Crippen LogP contribution is 2.26. The van der Waals surface area contributed by atoms with E-state index >= 15 is 0 Å². The number of anilines is 1. The van der Waals surface area contributed by atoms with Gasteiger partial charge in [-0.25, -0.2) is 4.98 Å². The maximum Gasteiger partial charge on any atom is 0.224 e. The molecule has 26 heavy (non-hydrogen) atoms. The first-order valence-electron chi connectivity index (χ1n) is 8.18. The Labute approximate surface area is 156 Å². The predicted octanol–water partition coefficient (Wildman–Crippen LogP) is 4.01. The monoisotopic (exact) mass is 362 g/mol. The van der Waals surface area contributed by atoms with Crippen LogP contribution in [0.2, 0.25) is 0 Å². The molecule has 0 atom stereocenters. The average molecular weight is 362 g/mol. The summed E-state index contributed by atoms with van der Waals surface area (Å²) in [5.41, 5.74) is 2.45. The van der Waals surface area contributed by atoms with Crippen LogP contribution in [0.4, 0.5) is 5.69 Å². The van der Waals surface area contributed by atoms with Gasteiger partial charge in [0, 0.05) is 36.4 Å². The van der Waals surface area contributed by atoms with Crippen LogP contribution in [0.25, 0.3) is 0 Å². The Hall–Kier alpha value is -3.04. The van der Waals surface area contributed by atoms with Crippen molar-refractivity contribution in [2.24, 2.45) is 7.05 Å². The van der Waals surface area contributed by atoms with E-state index in [4.69, 9.17) is 5.26 Å². The van der Waals surface area contributed by atoms with Gasteiger partial charge in [0.25, 0.3) is 0 Å². The van der Waals surface area contributed by atoms with Crippen molar-refractivity contribution in [1.82, 2.24) is 9.55 Å². The third-order valence-corrected chi connectivity index (χ3v) is 4.93. The van der Waals surface area contributed by atoms with Gasteiger partial charge in [-0.3, -0.25) is 4.79 Å². The van der Waals surface area contributed by atoms with Gasteiger partial charge >= 0.3 is 0 Å². The van der Waals surface area contributed by atoms with Crippen LogP contribution in [0.3, 0.4) is 0 Å². The van der Waals surface area contributed by atoms with Crippen molar-refractivity contribution in [3.63, 3.8) is 0 Å². The van der Waals surface area contributed by atoms with Crippen molar-refractivity contribution in [3.8, 4) is 6.07 Å². The van der Waals surface area contributed by atoms with Gasteiger partial charge in [0.1, 0.15) is 0 Å². The van der Waals surface area contributed by atoms with E-state index in [-0.39, 0.29) is 5.91 Å². The molecule has 1 aromatic heterocycles. The van der Waals surface area contributed by atoms with Gasteiger partial charge in [0.15, 0.2) is 5.16 Å². The third-order valence-electron chi connectivity index (χ3n) is 3.85. The van der Waals surface area contributed by atoms with Gasteiger partial charge in [-0.05, 0) is 48.4 Å². The largest absolute Gasteiger partial charge is 0.329 e. The first-order chi connectivity index (χ1) is 12.6. The Bertz CT molecular complexity index is 924. The van der Waals surface area contributed by atoms with Crippen LogP contribution in [0.5, 0.6) is 0 Å². The highest BCUT2D eigenvalue weighted by atomic mass is 32.2. The fraction of sp³-hybridized carbons (Fsp3) is 0.150. The number of nitriles is 1. The standard InChI is InChI=1S/C20H18N4OS/c1-24-13-12-22-20(24)26-18-9-7-17(8-10-18)23-19(25)11-6-15-2-4-16(14-21)5-3-15/h2-5,7-10,12-13H,6,11H2,1H3,(H,23,25). The van der Waals surface area contributed by atoms with Crippen LogP contribution in [0.15, 0.2) is 71.0 Å². The summed E-state index contributed by atoms with van der Waals surface area (Å²) in [5.74, 6) is -0.0288. The van der Waals surface area contributed by atoms with Crippen LogP contribution in [-0.2, 0) is 18.3 Å². The molecule has 0 aliphatic rings. The third kappa shape index (κ3) is 4.74. The zero-order valence-electron chi connectivity index (χ0n) is 14.3. The van der Waals surface area contributed by atoms with Crippen molar-refractivity contribution < 1.29 is 4.79 Å². The number of aromatic nitrogens is 2. The molecule has 0 aliphatic heterocycles. The number of aryl methyl sites for hydroxylation is 2. The van der Waals surface area contributed by atoms with Gasteiger partial charge in [0.05, 0.1) is 11.6 Å². The summed E-state index contributed by atoms with van der Waals surface area (Å²) in [6.07, 6.45) is 4.72. The topological polar surface area (TPSA) is 70.7 Å². The zero-order chi connectivity index (χ0) is 18.4. The van der Waals surface area contributed by atoms with E-state index in [2.05, 4.69) is 16.4 Å². The van der Waals surface area contributed by atoms with E-state index in [0.717, 1.165) is 21.3 Å². The van der Waals surface area contributed by atoms with Crippen molar-refractivity contribution in [2.45, 2.75) is 22.9 Å². The summed E-state index contributed by atoms with van der Waals surface area (Å²) in [6, 6.07) is 17.1. The summed E-state index contributed by atoms with van der Waals surface area (Å²) in [5, 5.41) is 12.6. The maximum atomic E-state index is 12.1. The molecule has 1 heterocycles. The summed E-state index contributed by atoms with van der Waals surface area (Å²) >= 11 is 1.58. The van der Waals surface area contributed by atoms with Crippen LogP contribution < -0.4 is 5.32 Å². The second kappa shape index (κ2) is 8.37. The van der Waals surface area contributed by atoms with Gasteiger partial charge in [-0.2, -0.15) is 5.26 Å². The molecule has 5 nitrogen and oxygen atoms in total. The molecular formula is C20H18N4OS. The van der Waals surface area contributed by atoms with E-state index in [0.29, 0.717) is 18.4 Å². The smallest absolute Gasteiger partial charge is 0.224 e. The lowest BCUT2D eigenvalue weighted by Gasteiger charge is -2.07. The Morgan fingerprint density at radius 3 is 2.54 bits per heavy atom. The van der Waals surface area contributed by atoms with Gasteiger partial charge in [-0.1, -0.05) is 23.9 Å². The molecule has 0 aliphatic carbocycles. The number of hydrogen-bond donors (Lipinski definition) is 1. The molecule has 6 heteroatoms. The molecule has 3 rings (SSSR count). The molecule has 0 unspecified atom stereocenters. The second-order valence-electron chi connectivity index (χ2n) is 5.80. The van der Waals surface area contributed by atoms with E-state index in [1.54, 1.807) is 30.1 Å². The Morgan fingerprint density at radius 2 is 1.92 bits per heavy atom. The van der Waals surface area contributed by atoms with Crippen molar-refractivity contribution in [1.29, 1.82) is 5.26 Å². The van der Waals surface area contributed by atoms with Crippen LogP contribution in [-0.4, -0.2) is 15.5 Å². The number of amides is 1. The highest BCUT2D eigenvalue weighted by Gasteiger charge is 2.05. The van der Waals surface area contributed by atoms with E-state index in [9.17, 15) is 4.79 Å². The summed E-state index contributed by atoms with van der Waals surface area (Å²) < 4.78 is 1.96. The molecule has 0 spiro atoms. The number of nitrogens with one attached hydrogen (secondary N) is 1. The van der Waals surface area contributed by atoms with E-state index in [1.165, 1.54) is 0 Å². The first-order valence-corrected chi connectivity index (χ1v) is 9.00. The van der Waals surface area contributed by atoms with Gasteiger partial charge in [-0.15, -0.1) is 0 Å². The SMILES string of the molecule is Cn1ccnc1Sc1ccc(NC(=O)CCc2ccc(C#N)cc2)cc1. The molecule has 3 aromatic rings. The number of nitrogens with zero attached hydrogens (tertiary/aromatic N) is 3. The minimum atomic E-state index is -0.0288. The molecule has 130 valence electrons. The number of carbonyl (C=O) groups is 1. The van der Waals surface area contributed by atoms with Crippen molar-refractivity contribution in [3.05, 3.63) is 72.1 Å². The lowest BCUT2D eigenvalue weighted by molar-refractivity contribution is -0.116. The summed E-state index contributed by atoms with van der Waals surface area (Å²) in [4.78, 5) is 17.5. The molecule has 2 aromatic carbocycles. The lowest BCUT2D eigenvalue weighted by atomic mass is 10.1. The molecule has 0 fully saturated rings. The number of imidazole rings is 1. The first kappa shape index (κ1) is 17.8. The number of benzene rings is 2. The highest BCUT2D eigenvalue weighted by molar-refractivity contribution is 7.99. The minimum Gasteiger partial charge on any atom is -0.329 e. The molecule has 1 amide bonds. The molecule has 0 radical (unpaired) electrons. The molecular weight excluding hydrogens is 344 g/mol. The van der Waals surface area contributed by atoms with Crippen LogP contribution in [0, 0.1) is 11.3 Å². The van der Waals surface area contributed by atoms with Crippen molar-refractivity contribution >= 4 is 23.4 Å². The average Bonchev–Trinajstić information content (AvgIpc) is 3.07. The summed E-state index contributed by atoms with van der Waals surface area (Å²) in [7, 11) is 1.96. The number of carbonyl (C=O) groups excluding carboxylic acids is 1. The van der Waals surface area contributed by atoms with Crippen LogP contribution in [0.1, 0.15) is 17.5 Å². The van der Waals surface area contributed by atoms with Crippen molar-refractivity contribution in [2.75, 3.05) is 5.32 Å². The number of rotatable bonds is 6. The van der Waals surface area contributed by atoms with E-state index < -0.39 is 0 Å². The van der Waals surface area contributed by atoms with Gasteiger partial charge in [0.2, 0.25) is 5.91 Å². The Kier molecular flexibility index (Phi) is 5.72. The molecule has 0 bridgehead atoms. The molecule has 0 saturated carbocycles. The Balaban J connectivity index is 1.51. The van der Waals surface area contributed by atoms with Gasteiger partial charge < -0.3 is 9.88 Å². The van der Waals surface area contributed by atoms with Crippen LogP contribution >= 0.6 is 11.8 Å². The fourth-order valence-corrected chi connectivity index (χ4v) is 3.19. The zero-order valence-corrected chi connectivity index (χ0v) is 15.2. The Morgan fingerprint density at radius 1 is 1.19 bits per heavy atom. The normalized spacial score (nSPS) is 10.3. The fourth-order valence-electron chi connectivity index (χ4n) is 2.39. The number of hydrogen-bond acceptors (Lipinski definition) is 4. The van der Waals surface area contributed by atoms with E-state index in [1.807, 2.05) is 54.2 Å². The minimum absolute atomic E-state index is 0.0288.